The molecule has 0 fully saturated rings. The van der Waals surface area contributed by atoms with Crippen molar-refractivity contribution in [3.63, 3.8) is 0 Å². The van der Waals surface area contributed by atoms with Crippen LogP contribution in [0.4, 0.5) is 11.4 Å². The van der Waals surface area contributed by atoms with Gasteiger partial charge >= 0.3 is 0 Å². The minimum absolute atomic E-state index is 0.218. The van der Waals surface area contributed by atoms with E-state index in [-0.39, 0.29) is 29.4 Å². The summed E-state index contributed by atoms with van der Waals surface area (Å²) in [7, 11) is -4.06. The van der Waals surface area contributed by atoms with Crippen LogP contribution in [0.3, 0.4) is 0 Å². The molecule has 26 heavy (non-hydrogen) atoms. The maximum atomic E-state index is 11.5. The van der Waals surface area contributed by atoms with Gasteiger partial charge in [0.2, 0.25) is 10.0 Å². The molecule has 0 unspecified atom stereocenters. The summed E-state index contributed by atoms with van der Waals surface area (Å²) in [6, 6.07) is 10.4. The molecule has 136 valence electrons. The first-order chi connectivity index (χ1) is 12.3. The van der Waals surface area contributed by atoms with Crippen molar-refractivity contribution in [1.29, 1.82) is 0 Å². The predicted molar refractivity (Wildman–Crippen MR) is 91.8 cm³/mol. The average Bonchev–Trinajstić information content (AvgIpc) is 3.26. The van der Waals surface area contributed by atoms with E-state index in [1.807, 2.05) is 0 Å². The zero-order chi connectivity index (χ0) is 18.7. The van der Waals surface area contributed by atoms with Gasteiger partial charge in [0.25, 0.3) is 5.69 Å². The first-order valence-corrected chi connectivity index (χ1v) is 9.00. The lowest BCUT2D eigenvalue weighted by Crippen LogP contribution is -2.23. The van der Waals surface area contributed by atoms with Crippen molar-refractivity contribution in [2.75, 3.05) is 4.90 Å². The Kier molecular flexibility index (Phi) is 4.78. The smallest absolute Gasteiger partial charge is 0.293 e. The molecule has 0 atom stereocenters. The molecule has 2 N–H and O–H groups in total. The lowest BCUT2D eigenvalue weighted by molar-refractivity contribution is -0.384. The quantitative estimate of drug-likeness (QED) is 0.494. The third kappa shape index (κ3) is 3.92. The van der Waals surface area contributed by atoms with Gasteiger partial charge in [-0.25, -0.2) is 13.6 Å². The van der Waals surface area contributed by atoms with Crippen LogP contribution in [0.1, 0.15) is 11.5 Å². The zero-order valence-corrected chi connectivity index (χ0v) is 14.3. The Morgan fingerprint density at radius 1 is 1.04 bits per heavy atom. The van der Waals surface area contributed by atoms with Crippen LogP contribution in [0.15, 0.2) is 68.7 Å². The molecule has 0 aliphatic heterocycles. The molecular formula is C16H15N3O6S. The van der Waals surface area contributed by atoms with E-state index >= 15 is 0 Å². The van der Waals surface area contributed by atoms with Gasteiger partial charge in [0.05, 0.1) is 35.4 Å². The number of nitro benzene ring substituents is 1. The van der Waals surface area contributed by atoms with Crippen molar-refractivity contribution in [2.24, 2.45) is 5.14 Å². The molecule has 3 aromatic rings. The molecule has 3 rings (SSSR count). The Bertz CT molecular complexity index is 961. The van der Waals surface area contributed by atoms with Gasteiger partial charge in [-0.1, -0.05) is 0 Å². The second-order valence-corrected chi connectivity index (χ2v) is 7.03. The highest BCUT2D eigenvalue weighted by Gasteiger charge is 2.24. The molecular weight excluding hydrogens is 362 g/mol. The van der Waals surface area contributed by atoms with E-state index in [0.717, 1.165) is 6.07 Å². The van der Waals surface area contributed by atoms with Crippen LogP contribution < -0.4 is 10.0 Å². The number of nitrogens with zero attached hydrogens (tertiary/aromatic N) is 2. The molecule has 0 amide bonds. The van der Waals surface area contributed by atoms with Crippen molar-refractivity contribution < 1.29 is 22.2 Å². The summed E-state index contributed by atoms with van der Waals surface area (Å²) < 4.78 is 33.7. The van der Waals surface area contributed by atoms with Crippen molar-refractivity contribution >= 4 is 21.4 Å². The zero-order valence-electron chi connectivity index (χ0n) is 13.4. The van der Waals surface area contributed by atoms with Crippen LogP contribution in [0.25, 0.3) is 0 Å². The fraction of sp³-hybridized carbons (Fsp3) is 0.125. The van der Waals surface area contributed by atoms with Crippen molar-refractivity contribution in [2.45, 2.75) is 18.0 Å². The van der Waals surface area contributed by atoms with E-state index in [4.69, 9.17) is 14.0 Å². The number of primary sulfonamides is 1. The highest BCUT2D eigenvalue weighted by molar-refractivity contribution is 7.89. The fourth-order valence-electron chi connectivity index (χ4n) is 2.50. The summed E-state index contributed by atoms with van der Waals surface area (Å²) in [4.78, 5) is 12.2. The number of rotatable bonds is 7. The number of sulfonamides is 1. The van der Waals surface area contributed by atoms with Crippen LogP contribution in [-0.4, -0.2) is 13.3 Å². The molecule has 0 saturated heterocycles. The Morgan fingerprint density at radius 2 is 1.62 bits per heavy atom. The largest absolute Gasteiger partial charge is 0.467 e. The number of hydrogen-bond acceptors (Lipinski definition) is 7. The Labute approximate surface area is 148 Å². The van der Waals surface area contributed by atoms with Crippen LogP contribution in [0, 0.1) is 10.1 Å². The van der Waals surface area contributed by atoms with Gasteiger partial charge in [-0.05, 0) is 36.4 Å². The molecule has 0 saturated carbocycles. The SMILES string of the molecule is NS(=O)(=O)c1ccc(N(Cc2ccco2)Cc2ccco2)c([N+](=O)[O-])c1. The maximum Gasteiger partial charge on any atom is 0.293 e. The van der Waals surface area contributed by atoms with E-state index in [0.29, 0.717) is 11.5 Å². The minimum Gasteiger partial charge on any atom is -0.467 e. The number of anilines is 1. The Hall–Kier alpha value is -3.11. The van der Waals surface area contributed by atoms with Crippen LogP contribution in [-0.2, 0) is 23.1 Å². The highest BCUT2D eigenvalue weighted by Crippen LogP contribution is 2.32. The third-order valence-corrected chi connectivity index (χ3v) is 4.58. The van der Waals surface area contributed by atoms with Gasteiger partial charge in [-0.3, -0.25) is 10.1 Å². The van der Waals surface area contributed by atoms with Crippen LogP contribution >= 0.6 is 0 Å². The fourth-order valence-corrected chi connectivity index (χ4v) is 3.04. The van der Waals surface area contributed by atoms with Gasteiger partial charge in [-0.15, -0.1) is 0 Å². The minimum atomic E-state index is -4.06. The monoisotopic (exact) mass is 377 g/mol. The third-order valence-electron chi connectivity index (χ3n) is 3.67. The van der Waals surface area contributed by atoms with E-state index in [2.05, 4.69) is 0 Å². The summed E-state index contributed by atoms with van der Waals surface area (Å²) in [5.41, 5.74) is -0.162. The molecule has 10 heteroatoms. The Balaban J connectivity index is 2.05. The standard InChI is InChI=1S/C16H15N3O6S/c17-26(22,23)14-5-6-15(16(9-14)19(20)21)18(10-12-3-1-7-24-12)11-13-4-2-8-25-13/h1-9H,10-11H2,(H2,17,22,23). The molecule has 0 bridgehead atoms. The number of hydrogen-bond donors (Lipinski definition) is 1. The molecule has 0 spiro atoms. The summed E-state index contributed by atoms with van der Waals surface area (Å²) in [6.45, 7) is 0.451. The summed E-state index contributed by atoms with van der Waals surface area (Å²) >= 11 is 0. The highest BCUT2D eigenvalue weighted by atomic mass is 32.2. The molecule has 0 aliphatic carbocycles. The average molecular weight is 377 g/mol. The van der Waals surface area contributed by atoms with Crippen LogP contribution in [0.2, 0.25) is 0 Å². The van der Waals surface area contributed by atoms with E-state index in [9.17, 15) is 18.5 Å². The Morgan fingerprint density at radius 3 is 2.04 bits per heavy atom. The van der Waals surface area contributed by atoms with Gasteiger partial charge in [0.1, 0.15) is 17.2 Å². The summed E-state index contributed by atoms with van der Waals surface area (Å²) in [5, 5.41) is 16.6. The lowest BCUT2D eigenvalue weighted by Gasteiger charge is -2.22. The number of furan rings is 2. The van der Waals surface area contributed by atoms with Crippen molar-refractivity contribution in [3.8, 4) is 0 Å². The summed E-state index contributed by atoms with van der Waals surface area (Å²) in [6.07, 6.45) is 3.00. The molecule has 2 aromatic heterocycles. The lowest BCUT2D eigenvalue weighted by atomic mass is 10.2. The first-order valence-electron chi connectivity index (χ1n) is 7.45. The maximum absolute atomic E-state index is 11.5. The number of nitrogens with two attached hydrogens (primary N) is 1. The molecule has 9 nitrogen and oxygen atoms in total. The van der Waals surface area contributed by atoms with E-state index < -0.39 is 14.9 Å². The van der Waals surface area contributed by atoms with E-state index in [1.165, 1.54) is 24.7 Å². The van der Waals surface area contributed by atoms with Gasteiger partial charge < -0.3 is 13.7 Å². The van der Waals surface area contributed by atoms with Crippen molar-refractivity contribution in [1.82, 2.24) is 0 Å². The molecule has 0 radical (unpaired) electrons. The molecule has 2 heterocycles. The first kappa shape index (κ1) is 17.7. The number of nitro groups is 1. The van der Waals surface area contributed by atoms with Gasteiger partial charge in [0, 0.05) is 6.07 Å². The van der Waals surface area contributed by atoms with Gasteiger partial charge in [-0.2, -0.15) is 0 Å². The van der Waals surface area contributed by atoms with Gasteiger partial charge in [0.15, 0.2) is 0 Å². The second-order valence-electron chi connectivity index (χ2n) is 5.47. The van der Waals surface area contributed by atoms with Crippen molar-refractivity contribution in [3.05, 3.63) is 76.6 Å². The van der Waals surface area contributed by atoms with Crippen LogP contribution in [0.5, 0.6) is 0 Å². The topological polar surface area (TPSA) is 133 Å². The molecule has 0 aliphatic rings. The second kappa shape index (κ2) is 7.02. The normalized spacial score (nSPS) is 11.4. The van der Waals surface area contributed by atoms with E-state index in [1.54, 1.807) is 29.2 Å². The molecule has 1 aromatic carbocycles. The number of benzene rings is 1. The summed E-state index contributed by atoms with van der Waals surface area (Å²) in [5.74, 6) is 1.17. The predicted octanol–water partition coefficient (Wildman–Crippen LogP) is 2.64.